The molecule has 18 heavy (non-hydrogen) atoms. The highest BCUT2D eigenvalue weighted by molar-refractivity contribution is 5.58. The molecule has 0 amide bonds. The minimum atomic E-state index is 0.735. The Hall–Kier alpha value is -1.22. The number of piperidine rings is 2. The van der Waals surface area contributed by atoms with Crippen LogP contribution in [0.1, 0.15) is 13.3 Å². The number of rotatable bonds is 3. The lowest BCUT2D eigenvalue weighted by Gasteiger charge is -2.43. The third-order valence-corrected chi connectivity index (χ3v) is 4.00. The lowest BCUT2D eigenvalue weighted by molar-refractivity contribution is 0.248. The van der Waals surface area contributed by atoms with Crippen LogP contribution in [0.15, 0.2) is 24.3 Å². The maximum absolute atomic E-state index is 5.76. The highest BCUT2D eigenvalue weighted by atomic mass is 16.5. The topological polar surface area (TPSA) is 24.5 Å². The number of hydrogen-bond acceptors (Lipinski definition) is 3. The number of fused-ring (bicyclic) bond motifs is 2. The van der Waals surface area contributed by atoms with E-state index in [1.165, 1.54) is 25.2 Å². The van der Waals surface area contributed by atoms with Crippen molar-refractivity contribution in [2.24, 2.45) is 11.8 Å². The Labute approximate surface area is 109 Å². The highest BCUT2D eigenvalue weighted by Gasteiger charge is 2.31. The molecule has 0 aliphatic carbocycles. The Morgan fingerprint density at radius 3 is 2.67 bits per heavy atom. The van der Waals surface area contributed by atoms with E-state index in [0.717, 1.165) is 37.3 Å². The highest BCUT2D eigenvalue weighted by Crippen LogP contribution is 2.34. The van der Waals surface area contributed by atoms with Gasteiger partial charge in [-0.15, -0.1) is 0 Å². The average Bonchev–Trinajstić information content (AvgIpc) is 2.39. The Kier molecular flexibility index (Phi) is 3.41. The van der Waals surface area contributed by atoms with E-state index in [9.17, 15) is 0 Å². The number of nitrogens with zero attached hydrogens (tertiary/aromatic N) is 1. The van der Waals surface area contributed by atoms with E-state index in [1.807, 2.05) is 6.92 Å². The summed E-state index contributed by atoms with van der Waals surface area (Å²) in [5.41, 5.74) is 1.27. The smallest absolute Gasteiger partial charge is 0.142 e. The summed E-state index contributed by atoms with van der Waals surface area (Å²) in [5, 5.41) is 3.54. The van der Waals surface area contributed by atoms with Gasteiger partial charge < -0.3 is 15.0 Å². The summed E-state index contributed by atoms with van der Waals surface area (Å²) in [6.07, 6.45) is 1.39. The molecule has 0 saturated carbocycles. The first-order valence-electron chi connectivity index (χ1n) is 7.04. The molecule has 2 aliphatic rings. The van der Waals surface area contributed by atoms with Crippen molar-refractivity contribution in [3.8, 4) is 5.75 Å². The molecule has 2 fully saturated rings. The number of benzene rings is 1. The van der Waals surface area contributed by atoms with E-state index in [1.54, 1.807) is 0 Å². The molecule has 3 heteroatoms. The first kappa shape index (κ1) is 11.8. The lowest BCUT2D eigenvalue weighted by Crippen LogP contribution is -2.51. The van der Waals surface area contributed by atoms with Crippen LogP contribution in [0.25, 0.3) is 0 Å². The maximum atomic E-state index is 5.76. The predicted molar refractivity (Wildman–Crippen MR) is 74.3 cm³/mol. The van der Waals surface area contributed by atoms with Gasteiger partial charge in [-0.1, -0.05) is 12.1 Å². The molecule has 0 radical (unpaired) electrons. The minimum Gasteiger partial charge on any atom is -0.492 e. The summed E-state index contributed by atoms with van der Waals surface area (Å²) >= 11 is 0. The zero-order valence-corrected chi connectivity index (χ0v) is 11.1. The van der Waals surface area contributed by atoms with Gasteiger partial charge in [0.15, 0.2) is 0 Å². The van der Waals surface area contributed by atoms with Crippen molar-refractivity contribution in [1.82, 2.24) is 5.32 Å². The second-order valence-electron chi connectivity index (χ2n) is 5.43. The molecule has 1 aromatic rings. The fourth-order valence-electron chi connectivity index (χ4n) is 3.30. The van der Waals surface area contributed by atoms with Crippen LogP contribution < -0.4 is 15.0 Å². The molecule has 2 heterocycles. The van der Waals surface area contributed by atoms with Gasteiger partial charge in [-0.05, 0) is 50.4 Å². The summed E-state index contributed by atoms with van der Waals surface area (Å²) in [6.45, 7) is 7.44. The van der Waals surface area contributed by atoms with Crippen LogP contribution in [0.3, 0.4) is 0 Å². The molecule has 3 nitrogen and oxygen atoms in total. The van der Waals surface area contributed by atoms with Crippen LogP contribution >= 0.6 is 0 Å². The van der Waals surface area contributed by atoms with Crippen molar-refractivity contribution >= 4 is 5.69 Å². The van der Waals surface area contributed by atoms with E-state index in [0.29, 0.717) is 0 Å². The first-order chi connectivity index (χ1) is 8.86. The van der Waals surface area contributed by atoms with Gasteiger partial charge in [-0.25, -0.2) is 0 Å². The van der Waals surface area contributed by atoms with Crippen molar-refractivity contribution in [3.63, 3.8) is 0 Å². The lowest BCUT2D eigenvalue weighted by atomic mass is 9.85. The van der Waals surface area contributed by atoms with E-state index >= 15 is 0 Å². The quantitative estimate of drug-likeness (QED) is 0.884. The second kappa shape index (κ2) is 5.19. The summed E-state index contributed by atoms with van der Waals surface area (Å²) in [6, 6.07) is 8.45. The zero-order chi connectivity index (χ0) is 12.4. The van der Waals surface area contributed by atoms with Crippen LogP contribution in [0.4, 0.5) is 5.69 Å². The van der Waals surface area contributed by atoms with Gasteiger partial charge in [0.25, 0.3) is 0 Å². The van der Waals surface area contributed by atoms with Crippen molar-refractivity contribution in [2.45, 2.75) is 13.3 Å². The van der Waals surface area contributed by atoms with Gasteiger partial charge in [0.2, 0.25) is 0 Å². The Balaban J connectivity index is 1.81. The maximum Gasteiger partial charge on any atom is 0.142 e. The second-order valence-corrected chi connectivity index (χ2v) is 5.43. The molecular weight excluding hydrogens is 224 g/mol. The van der Waals surface area contributed by atoms with Gasteiger partial charge in [-0.2, -0.15) is 0 Å². The molecule has 2 saturated heterocycles. The molecule has 2 unspecified atom stereocenters. The van der Waals surface area contributed by atoms with Gasteiger partial charge in [0.05, 0.1) is 12.3 Å². The molecule has 98 valence electrons. The van der Waals surface area contributed by atoms with Crippen molar-refractivity contribution in [3.05, 3.63) is 24.3 Å². The first-order valence-corrected chi connectivity index (χ1v) is 7.04. The van der Waals surface area contributed by atoms with Crippen LogP contribution in [0.2, 0.25) is 0 Å². The largest absolute Gasteiger partial charge is 0.492 e. The summed E-state index contributed by atoms with van der Waals surface area (Å²) in [5.74, 6) is 2.63. The van der Waals surface area contributed by atoms with Gasteiger partial charge in [0.1, 0.15) is 5.75 Å². The number of ether oxygens (including phenoxy) is 1. The van der Waals surface area contributed by atoms with E-state index < -0.39 is 0 Å². The number of para-hydroxylation sites is 2. The molecule has 2 atom stereocenters. The molecule has 3 rings (SSSR count). The van der Waals surface area contributed by atoms with E-state index in [2.05, 4.69) is 34.5 Å². The Morgan fingerprint density at radius 1 is 1.22 bits per heavy atom. The number of anilines is 1. The fourth-order valence-corrected chi connectivity index (χ4v) is 3.30. The SMILES string of the molecule is CCOc1ccccc1N1CC2CNCC(C2)C1. The van der Waals surface area contributed by atoms with Crippen molar-refractivity contribution in [2.75, 3.05) is 37.7 Å². The van der Waals surface area contributed by atoms with Gasteiger partial charge in [-0.3, -0.25) is 0 Å². The molecule has 2 aliphatic heterocycles. The normalized spacial score (nSPS) is 27.1. The van der Waals surface area contributed by atoms with Crippen LogP contribution in [-0.2, 0) is 0 Å². The zero-order valence-electron chi connectivity index (χ0n) is 11.1. The summed E-state index contributed by atoms with van der Waals surface area (Å²) in [4.78, 5) is 2.52. The summed E-state index contributed by atoms with van der Waals surface area (Å²) in [7, 11) is 0. The fraction of sp³-hybridized carbons (Fsp3) is 0.600. The van der Waals surface area contributed by atoms with Gasteiger partial charge in [0, 0.05) is 13.1 Å². The monoisotopic (exact) mass is 246 g/mol. The van der Waals surface area contributed by atoms with E-state index in [4.69, 9.17) is 4.74 Å². The average molecular weight is 246 g/mol. The molecule has 1 N–H and O–H groups in total. The van der Waals surface area contributed by atoms with Gasteiger partial charge >= 0.3 is 0 Å². The molecule has 0 aromatic heterocycles. The van der Waals surface area contributed by atoms with E-state index in [-0.39, 0.29) is 0 Å². The predicted octanol–water partition coefficient (Wildman–Crippen LogP) is 2.13. The molecule has 1 aromatic carbocycles. The summed E-state index contributed by atoms with van der Waals surface area (Å²) < 4.78 is 5.76. The molecule has 2 bridgehead atoms. The minimum absolute atomic E-state index is 0.735. The number of nitrogens with one attached hydrogen (secondary N) is 1. The molecule has 0 spiro atoms. The molecular formula is C15H22N2O. The van der Waals surface area contributed by atoms with Crippen molar-refractivity contribution < 1.29 is 4.74 Å². The third-order valence-electron chi connectivity index (χ3n) is 4.00. The van der Waals surface area contributed by atoms with Crippen LogP contribution in [-0.4, -0.2) is 32.8 Å². The van der Waals surface area contributed by atoms with Crippen LogP contribution in [0.5, 0.6) is 5.75 Å². The Morgan fingerprint density at radius 2 is 1.94 bits per heavy atom. The Bertz CT molecular complexity index is 395. The standard InChI is InChI=1S/C15H22N2O/c1-2-18-15-6-4-3-5-14(15)17-10-12-7-13(11-17)9-16-8-12/h3-6,12-13,16H,2,7-11H2,1H3. The number of hydrogen-bond donors (Lipinski definition) is 1. The third kappa shape index (κ3) is 2.32. The van der Waals surface area contributed by atoms with Crippen molar-refractivity contribution in [1.29, 1.82) is 0 Å². The van der Waals surface area contributed by atoms with Crippen LogP contribution in [0, 0.1) is 11.8 Å².